The molecule has 0 aromatic rings. The van der Waals surface area contributed by atoms with E-state index in [1.165, 1.54) is 0 Å². The maximum absolute atomic E-state index is 12.5. The van der Waals surface area contributed by atoms with Crippen LogP contribution >= 0.6 is 0 Å². The quantitative estimate of drug-likeness (QED) is 0.444. The number of alkyl halides is 7. The molecular weight excluding hydrogens is 209 g/mol. The summed E-state index contributed by atoms with van der Waals surface area (Å²) in [6.45, 7) is 0.0144. The molecule has 1 aliphatic heterocycles. The largest absolute Gasteiger partial charge is 0.451 e. The topological polar surface area (TPSA) is 12.5 Å². The Hall–Kier alpha value is -0.530. The third-order valence-electron chi connectivity index (χ3n) is 1.82. The number of hydrogen-bond acceptors (Lipinski definition) is 1. The summed E-state index contributed by atoms with van der Waals surface area (Å²) in [5.41, 5.74) is -3.77. The van der Waals surface area contributed by atoms with Gasteiger partial charge in [0.05, 0.1) is 0 Å². The summed E-state index contributed by atoms with van der Waals surface area (Å²) in [5.74, 6) is -4.60. The van der Waals surface area contributed by atoms with Gasteiger partial charge in [0.2, 0.25) is 5.60 Å². The first-order chi connectivity index (χ1) is 5.46. The predicted molar refractivity (Wildman–Crippen MR) is 25.4 cm³/mol. The first-order valence-electron chi connectivity index (χ1n) is 2.98. The molecule has 1 heterocycles. The molecule has 1 nitrogen and oxygen atoms in total. The highest BCUT2D eigenvalue weighted by Gasteiger charge is 2.91. The zero-order valence-electron chi connectivity index (χ0n) is 6.05. The Labute approximate surface area is 67.5 Å². The highest BCUT2D eigenvalue weighted by molar-refractivity contribution is 5.14. The fourth-order valence-corrected chi connectivity index (χ4v) is 0.824. The van der Waals surface area contributed by atoms with Crippen molar-refractivity contribution < 1.29 is 35.5 Å². The second-order valence-corrected chi connectivity index (χ2v) is 2.73. The fourth-order valence-electron chi connectivity index (χ4n) is 0.824. The van der Waals surface area contributed by atoms with Crippen molar-refractivity contribution in [2.45, 2.75) is 30.7 Å². The molecular formula is C5H3F7O. The van der Waals surface area contributed by atoms with Crippen LogP contribution in [0.25, 0.3) is 0 Å². The molecule has 0 bridgehead atoms. The second kappa shape index (κ2) is 2.10. The van der Waals surface area contributed by atoms with Crippen molar-refractivity contribution in [1.82, 2.24) is 0 Å². The van der Waals surface area contributed by atoms with Gasteiger partial charge in [-0.3, -0.25) is 0 Å². The van der Waals surface area contributed by atoms with Gasteiger partial charge in [-0.2, -0.15) is 30.7 Å². The lowest BCUT2D eigenvalue weighted by Crippen LogP contribution is -2.43. The fraction of sp³-hybridized carbons (Fsp3) is 1.00. The van der Waals surface area contributed by atoms with Gasteiger partial charge in [0.25, 0.3) is 0 Å². The molecule has 1 saturated heterocycles. The molecule has 0 saturated carbocycles. The van der Waals surface area contributed by atoms with Crippen LogP contribution in [0, 0.1) is 0 Å². The summed E-state index contributed by atoms with van der Waals surface area (Å²) in [6, 6.07) is 0. The summed E-state index contributed by atoms with van der Waals surface area (Å²) in [7, 11) is 0. The Morgan fingerprint density at radius 2 is 1.31 bits per heavy atom. The average Bonchev–Trinajstić information content (AvgIpc) is 2.34. The van der Waals surface area contributed by atoms with Crippen LogP contribution < -0.4 is 0 Å². The minimum Gasteiger partial charge on any atom is -0.314 e. The van der Waals surface area contributed by atoms with Crippen molar-refractivity contribution >= 4 is 0 Å². The SMILES string of the molecule is CC1(C(F)(F)F)OC1(F)C(F)(F)F. The molecule has 0 spiro atoms. The highest BCUT2D eigenvalue weighted by Crippen LogP contribution is 2.64. The van der Waals surface area contributed by atoms with E-state index in [1.54, 1.807) is 0 Å². The maximum atomic E-state index is 12.5. The van der Waals surface area contributed by atoms with Gasteiger partial charge in [-0.1, -0.05) is 0 Å². The van der Waals surface area contributed by atoms with Crippen LogP contribution in [0.15, 0.2) is 0 Å². The van der Waals surface area contributed by atoms with Gasteiger partial charge in [0.15, 0.2) is 0 Å². The van der Waals surface area contributed by atoms with Crippen molar-refractivity contribution in [2.24, 2.45) is 0 Å². The standard InChI is InChI=1S/C5H3F7O/c1-2(4(7,8)9)3(6,13-2)5(10,11)12/h1H3. The molecule has 1 aliphatic rings. The Morgan fingerprint density at radius 3 is 1.38 bits per heavy atom. The van der Waals surface area contributed by atoms with E-state index in [4.69, 9.17) is 0 Å². The van der Waals surface area contributed by atoms with Crippen LogP contribution in [0.4, 0.5) is 30.7 Å². The minimum atomic E-state index is -5.67. The zero-order chi connectivity index (χ0) is 10.7. The van der Waals surface area contributed by atoms with E-state index in [0.717, 1.165) is 0 Å². The summed E-state index contributed by atoms with van der Waals surface area (Å²) < 4.78 is 85.9. The highest BCUT2D eigenvalue weighted by atomic mass is 19.4. The van der Waals surface area contributed by atoms with Gasteiger partial charge in [0, 0.05) is 0 Å². The van der Waals surface area contributed by atoms with Crippen LogP contribution in [-0.2, 0) is 4.74 Å². The molecule has 0 aliphatic carbocycles. The van der Waals surface area contributed by atoms with E-state index in [0.29, 0.717) is 0 Å². The zero-order valence-corrected chi connectivity index (χ0v) is 6.05. The lowest BCUT2D eigenvalue weighted by atomic mass is 10.1. The lowest BCUT2D eigenvalue weighted by Gasteiger charge is -2.14. The normalized spacial score (nSPS) is 40.6. The van der Waals surface area contributed by atoms with Gasteiger partial charge in [0.1, 0.15) is 0 Å². The predicted octanol–water partition coefficient (Wildman–Crippen LogP) is 2.57. The van der Waals surface area contributed by atoms with Gasteiger partial charge >= 0.3 is 18.2 Å². The Morgan fingerprint density at radius 1 is 0.923 bits per heavy atom. The summed E-state index contributed by atoms with van der Waals surface area (Å²) in [4.78, 5) is 0. The molecule has 2 unspecified atom stereocenters. The van der Waals surface area contributed by atoms with Gasteiger partial charge in [-0.25, -0.2) is 0 Å². The van der Waals surface area contributed by atoms with Gasteiger partial charge < -0.3 is 4.74 Å². The van der Waals surface area contributed by atoms with Crippen molar-refractivity contribution in [1.29, 1.82) is 0 Å². The number of epoxide rings is 1. The Balaban J connectivity index is 2.95. The summed E-state index contributed by atoms with van der Waals surface area (Å²) in [6.07, 6.45) is -11.0. The van der Waals surface area contributed by atoms with E-state index >= 15 is 0 Å². The first-order valence-corrected chi connectivity index (χ1v) is 2.98. The van der Waals surface area contributed by atoms with Crippen LogP contribution in [0.1, 0.15) is 6.92 Å². The molecule has 0 aromatic carbocycles. The van der Waals surface area contributed by atoms with E-state index in [1.807, 2.05) is 0 Å². The van der Waals surface area contributed by atoms with Crippen LogP contribution in [0.2, 0.25) is 0 Å². The van der Waals surface area contributed by atoms with E-state index in [-0.39, 0.29) is 6.92 Å². The van der Waals surface area contributed by atoms with Crippen molar-refractivity contribution in [2.75, 3.05) is 0 Å². The number of hydrogen-bond donors (Lipinski definition) is 0. The van der Waals surface area contributed by atoms with Crippen LogP contribution in [-0.4, -0.2) is 23.8 Å². The van der Waals surface area contributed by atoms with Gasteiger partial charge in [-0.05, 0) is 6.92 Å². The smallest absolute Gasteiger partial charge is 0.314 e. The third-order valence-corrected chi connectivity index (χ3v) is 1.82. The van der Waals surface area contributed by atoms with Crippen molar-refractivity contribution in [3.8, 4) is 0 Å². The monoisotopic (exact) mass is 212 g/mol. The molecule has 0 aromatic heterocycles. The summed E-state index contributed by atoms with van der Waals surface area (Å²) >= 11 is 0. The van der Waals surface area contributed by atoms with Crippen molar-refractivity contribution in [3.05, 3.63) is 0 Å². The van der Waals surface area contributed by atoms with E-state index in [9.17, 15) is 30.7 Å². The molecule has 1 rings (SSSR count). The molecule has 2 atom stereocenters. The van der Waals surface area contributed by atoms with Crippen molar-refractivity contribution in [3.63, 3.8) is 0 Å². The summed E-state index contributed by atoms with van der Waals surface area (Å²) in [5, 5.41) is 0. The molecule has 13 heavy (non-hydrogen) atoms. The third kappa shape index (κ3) is 1.11. The number of halogens is 7. The second-order valence-electron chi connectivity index (χ2n) is 2.73. The first kappa shape index (κ1) is 10.6. The molecule has 78 valence electrons. The molecule has 8 heteroatoms. The van der Waals surface area contributed by atoms with E-state index in [2.05, 4.69) is 4.74 Å². The lowest BCUT2D eigenvalue weighted by molar-refractivity contribution is -0.237. The Bertz CT molecular complexity index is 206. The maximum Gasteiger partial charge on any atom is 0.451 e. The minimum absolute atomic E-state index is 0.0144. The average molecular weight is 212 g/mol. The van der Waals surface area contributed by atoms with E-state index < -0.39 is 23.8 Å². The van der Waals surface area contributed by atoms with Gasteiger partial charge in [-0.15, -0.1) is 0 Å². The molecule has 0 amide bonds. The molecule has 0 radical (unpaired) electrons. The molecule has 0 N–H and O–H groups in total. The van der Waals surface area contributed by atoms with Crippen LogP contribution in [0.5, 0.6) is 0 Å². The van der Waals surface area contributed by atoms with Crippen LogP contribution in [0.3, 0.4) is 0 Å². The molecule has 1 fully saturated rings. The number of rotatable bonds is 0. The Kier molecular flexibility index (Phi) is 1.70. The number of ether oxygens (including phenoxy) is 1.